The molecule has 1 aliphatic rings. The number of benzene rings is 3. The van der Waals surface area contributed by atoms with Gasteiger partial charge in [-0.2, -0.15) is 5.10 Å². The van der Waals surface area contributed by atoms with E-state index in [9.17, 15) is 4.39 Å². The summed E-state index contributed by atoms with van der Waals surface area (Å²) in [5.74, 6) is 0.578. The molecule has 1 atom stereocenters. The average molecular weight is 430 g/mol. The third kappa shape index (κ3) is 2.68. The Morgan fingerprint density at radius 3 is 2.55 bits per heavy atom. The van der Waals surface area contributed by atoms with E-state index in [1.54, 1.807) is 16.8 Å². The minimum atomic E-state index is -0.302. The Morgan fingerprint density at radius 1 is 0.968 bits per heavy atom. The summed E-state index contributed by atoms with van der Waals surface area (Å²) in [6.45, 7) is 1.93. The van der Waals surface area contributed by atoms with Gasteiger partial charge in [0.25, 0.3) is 0 Å². The van der Waals surface area contributed by atoms with Gasteiger partial charge in [-0.05, 0) is 55.5 Å². The molecule has 0 bridgehead atoms. The molecule has 7 heteroatoms. The van der Waals surface area contributed by atoms with Crippen LogP contribution in [-0.2, 0) is 0 Å². The van der Waals surface area contributed by atoms with Crippen molar-refractivity contribution in [2.75, 3.05) is 5.32 Å². The highest BCUT2D eigenvalue weighted by atomic mass is 35.5. The lowest BCUT2D eigenvalue weighted by Gasteiger charge is -2.30. The van der Waals surface area contributed by atoms with E-state index in [4.69, 9.17) is 16.6 Å². The molecule has 3 aromatic carbocycles. The second-order valence-electron chi connectivity index (χ2n) is 7.56. The van der Waals surface area contributed by atoms with Gasteiger partial charge in [-0.15, -0.1) is 0 Å². The summed E-state index contributed by atoms with van der Waals surface area (Å²) in [5.41, 5.74) is 6.29. The molecule has 6 rings (SSSR count). The smallest absolute Gasteiger partial charge is 0.145 e. The predicted molar refractivity (Wildman–Crippen MR) is 120 cm³/mol. The molecule has 152 valence electrons. The van der Waals surface area contributed by atoms with E-state index in [0.29, 0.717) is 10.8 Å². The maximum absolute atomic E-state index is 13.4. The van der Waals surface area contributed by atoms with E-state index in [-0.39, 0.29) is 12.0 Å². The van der Waals surface area contributed by atoms with Crippen LogP contribution in [0.4, 0.5) is 10.1 Å². The van der Waals surface area contributed by atoms with E-state index in [0.717, 1.165) is 39.4 Å². The van der Waals surface area contributed by atoms with Gasteiger partial charge in [-0.25, -0.2) is 14.1 Å². The highest BCUT2D eigenvalue weighted by Gasteiger charge is 2.32. The second kappa shape index (κ2) is 6.68. The van der Waals surface area contributed by atoms with Crippen LogP contribution in [0.15, 0.2) is 72.8 Å². The predicted octanol–water partition coefficient (Wildman–Crippen LogP) is 5.96. The number of aryl methyl sites for hydroxylation is 1. The first-order chi connectivity index (χ1) is 15.1. The van der Waals surface area contributed by atoms with Gasteiger partial charge in [0.15, 0.2) is 0 Å². The molecule has 0 amide bonds. The Balaban J connectivity index is 1.59. The summed E-state index contributed by atoms with van der Waals surface area (Å²) in [5, 5.41) is 8.77. The Kier molecular flexibility index (Phi) is 3.91. The van der Waals surface area contributed by atoms with Crippen LogP contribution in [0.25, 0.3) is 28.1 Å². The largest absolute Gasteiger partial charge is 0.360 e. The molecule has 0 fully saturated rings. The van der Waals surface area contributed by atoms with Gasteiger partial charge < -0.3 is 5.32 Å². The van der Waals surface area contributed by atoms with Crippen LogP contribution in [0, 0.1) is 12.7 Å². The first-order valence-corrected chi connectivity index (χ1v) is 10.3. The van der Waals surface area contributed by atoms with Crippen molar-refractivity contribution in [1.29, 1.82) is 0 Å². The third-order valence-corrected chi connectivity index (χ3v) is 6.07. The van der Waals surface area contributed by atoms with Gasteiger partial charge in [0.1, 0.15) is 23.0 Å². The molecule has 1 N–H and O–H groups in total. The maximum atomic E-state index is 13.4. The number of anilines is 1. The number of hydrogen-bond acceptors (Lipinski definition) is 3. The average Bonchev–Trinajstić information content (AvgIpc) is 3.31. The molecule has 1 aliphatic heterocycles. The summed E-state index contributed by atoms with van der Waals surface area (Å²) in [4.78, 5) is 4.92. The maximum Gasteiger partial charge on any atom is 0.145 e. The van der Waals surface area contributed by atoms with Gasteiger partial charge in [0.05, 0.1) is 28.0 Å². The number of hydrogen-bond donors (Lipinski definition) is 1. The number of aromatic nitrogens is 4. The lowest BCUT2D eigenvalue weighted by molar-refractivity contribution is 0.627. The fourth-order valence-electron chi connectivity index (χ4n) is 4.29. The zero-order chi connectivity index (χ0) is 21.1. The number of para-hydroxylation sites is 3. The van der Waals surface area contributed by atoms with Crippen molar-refractivity contribution in [2.45, 2.75) is 13.1 Å². The van der Waals surface area contributed by atoms with Crippen LogP contribution in [-0.4, -0.2) is 19.3 Å². The van der Waals surface area contributed by atoms with Crippen molar-refractivity contribution in [3.05, 3.63) is 95.0 Å². The standard InChI is InChI=1S/C24H17ClFN5/c1-14-21(22(25)31(29-14)16-12-10-15(26)11-13-16)24-27-18-7-3-2-6-17(18)23-28-19-8-4-5-9-20(19)30(23)24/h2-13,24,27H,1H3/t24-/m1/s1. The first-order valence-electron chi connectivity index (χ1n) is 9.95. The van der Waals surface area contributed by atoms with Crippen molar-refractivity contribution in [3.63, 3.8) is 0 Å². The highest BCUT2D eigenvalue weighted by Crippen LogP contribution is 2.43. The SMILES string of the molecule is Cc1nn(-c2ccc(F)cc2)c(Cl)c1[C@@H]1Nc2ccccc2-c2nc3ccccc3n21. The molecule has 0 saturated heterocycles. The monoisotopic (exact) mass is 429 g/mol. The third-order valence-electron chi connectivity index (χ3n) is 5.71. The van der Waals surface area contributed by atoms with Gasteiger partial charge in [-0.3, -0.25) is 4.57 Å². The first kappa shape index (κ1) is 18.2. The quantitative estimate of drug-likeness (QED) is 0.376. The number of nitrogens with zero attached hydrogens (tertiary/aromatic N) is 4. The molecule has 0 spiro atoms. The van der Waals surface area contributed by atoms with Crippen molar-refractivity contribution in [1.82, 2.24) is 19.3 Å². The summed E-state index contributed by atoms with van der Waals surface area (Å²) in [6.07, 6.45) is -0.293. The second-order valence-corrected chi connectivity index (χ2v) is 7.92. The topological polar surface area (TPSA) is 47.7 Å². The van der Waals surface area contributed by atoms with Crippen molar-refractivity contribution in [3.8, 4) is 17.1 Å². The lowest BCUT2D eigenvalue weighted by Crippen LogP contribution is -2.25. The lowest BCUT2D eigenvalue weighted by atomic mass is 10.1. The van der Waals surface area contributed by atoms with E-state index in [1.807, 2.05) is 43.3 Å². The summed E-state index contributed by atoms with van der Waals surface area (Å²) < 4.78 is 17.2. The molecular formula is C24H17ClFN5. The Bertz CT molecular complexity index is 1450. The summed E-state index contributed by atoms with van der Waals surface area (Å²) >= 11 is 6.88. The minimum Gasteiger partial charge on any atom is -0.360 e. The zero-order valence-corrected chi connectivity index (χ0v) is 17.3. The van der Waals surface area contributed by atoms with Crippen LogP contribution < -0.4 is 5.32 Å². The highest BCUT2D eigenvalue weighted by molar-refractivity contribution is 6.30. The number of fused-ring (bicyclic) bond motifs is 5. The molecule has 5 nitrogen and oxygen atoms in total. The van der Waals surface area contributed by atoms with E-state index in [1.165, 1.54) is 12.1 Å². The van der Waals surface area contributed by atoms with Gasteiger partial charge >= 0.3 is 0 Å². The van der Waals surface area contributed by atoms with Crippen LogP contribution in [0.1, 0.15) is 17.4 Å². The van der Waals surface area contributed by atoms with Crippen LogP contribution in [0.2, 0.25) is 5.15 Å². The van der Waals surface area contributed by atoms with E-state index in [2.05, 4.69) is 27.1 Å². The molecule has 0 aliphatic carbocycles. The van der Waals surface area contributed by atoms with Crippen LogP contribution in [0.3, 0.4) is 0 Å². The molecule has 0 unspecified atom stereocenters. The van der Waals surface area contributed by atoms with Crippen molar-refractivity contribution >= 4 is 28.3 Å². The normalized spacial score (nSPS) is 14.9. The number of rotatable bonds is 2. The minimum absolute atomic E-state index is 0.293. The molecule has 0 saturated carbocycles. The van der Waals surface area contributed by atoms with Crippen LogP contribution in [0.5, 0.6) is 0 Å². The van der Waals surface area contributed by atoms with Gasteiger partial charge in [-0.1, -0.05) is 35.9 Å². The van der Waals surface area contributed by atoms with Crippen molar-refractivity contribution < 1.29 is 4.39 Å². The molecule has 5 aromatic rings. The van der Waals surface area contributed by atoms with Crippen molar-refractivity contribution in [2.24, 2.45) is 0 Å². The van der Waals surface area contributed by atoms with Gasteiger partial charge in [0, 0.05) is 11.3 Å². The fourth-order valence-corrected chi connectivity index (χ4v) is 4.66. The molecule has 0 radical (unpaired) electrons. The summed E-state index contributed by atoms with van der Waals surface area (Å²) in [6, 6.07) is 22.3. The van der Waals surface area contributed by atoms with Gasteiger partial charge in [0.2, 0.25) is 0 Å². The summed E-state index contributed by atoms with van der Waals surface area (Å²) in [7, 11) is 0. The fraction of sp³-hybridized carbons (Fsp3) is 0.0833. The Labute approximate surface area is 182 Å². The van der Waals surface area contributed by atoms with E-state index < -0.39 is 0 Å². The number of nitrogens with one attached hydrogen (secondary N) is 1. The molecule has 2 aromatic heterocycles. The number of halogens is 2. The Hall–Kier alpha value is -3.64. The molecule has 3 heterocycles. The number of imidazole rings is 1. The van der Waals surface area contributed by atoms with Crippen LogP contribution >= 0.6 is 11.6 Å². The molecular weight excluding hydrogens is 413 g/mol. The Morgan fingerprint density at radius 2 is 1.71 bits per heavy atom. The zero-order valence-electron chi connectivity index (χ0n) is 16.6. The van der Waals surface area contributed by atoms with E-state index >= 15 is 0 Å². The molecule has 31 heavy (non-hydrogen) atoms.